The number of alkyl carbamates (subject to hydrolysis) is 2. The molecule has 0 aliphatic carbocycles. The second-order valence-electron chi connectivity index (χ2n) is 29.5. The molecule has 0 radical (unpaired) electrons. The average molecular weight is 2190 g/mol. The number of phenols is 4. The lowest BCUT2D eigenvalue weighted by atomic mass is 9.77. The highest BCUT2D eigenvalue weighted by Gasteiger charge is 2.60. The Labute approximate surface area is 810 Å². The van der Waals surface area contributed by atoms with Gasteiger partial charge in [-0.05, 0) is 84.3 Å². The number of amides is 4. The molecule has 2 saturated heterocycles. The zero-order chi connectivity index (χ0) is 102. The Bertz CT molecular complexity index is 6980. The van der Waals surface area contributed by atoms with Crippen LogP contribution < -0.4 is 61.2 Å². The number of nitrogen functional groups attached to an aromatic ring is 2. The third-order valence-electron chi connectivity index (χ3n) is 21.1. The summed E-state index contributed by atoms with van der Waals surface area (Å²) < 4.78 is 145. The van der Waals surface area contributed by atoms with Crippen LogP contribution in [0.5, 0.6) is 69.0 Å². The van der Waals surface area contributed by atoms with E-state index in [4.69, 9.17) is 134 Å². The lowest BCUT2D eigenvalue weighted by Crippen LogP contribution is -2.42. The molecule has 22 N–H and O–H groups in total. The number of aromatic hydroxyl groups is 4. The fourth-order valence-electron chi connectivity index (χ4n) is 15.3. The Kier molecular flexibility index (Phi) is 29.1. The molecule has 10 aromatic rings. The van der Waals surface area contributed by atoms with E-state index in [2.05, 4.69) is 92.0 Å². The monoisotopic (exact) mass is 2190 g/mol. The summed E-state index contributed by atoms with van der Waals surface area (Å²) in [6.07, 6.45) is -11.6. The van der Waals surface area contributed by atoms with Crippen molar-refractivity contribution in [3.8, 4) is 69.0 Å². The number of nitrogens with zero attached hydrogens (tertiary/aromatic N) is 8. The van der Waals surface area contributed by atoms with Crippen molar-refractivity contribution in [1.29, 1.82) is 0 Å². The highest BCUT2D eigenvalue weighted by molar-refractivity contribution is 8.08. The molecule has 4 amide bonds. The third kappa shape index (κ3) is 20.1. The number of benzene rings is 6. The zero-order valence-corrected chi connectivity index (χ0v) is 80.4. The molecule has 12 atom stereocenters. The number of methoxy groups -OCH3 is 4. The molecule has 140 heavy (non-hydrogen) atoms. The first-order chi connectivity index (χ1) is 65.8. The molecule has 56 nitrogen and oxygen atoms in total. The molecular weight excluding hydrogens is 2120 g/mol. The number of esters is 2. The fraction of sp³-hybridized carbons (Fsp3) is 0.278. The number of phosphoric acid groups is 4. The van der Waals surface area contributed by atoms with Gasteiger partial charge in [0.1, 0.15) is 68.2 Å². The number of anilines is 2. The van der Waals surface area contributed by atoms with Crippen LogP contribution in [0.2, 0.25) is 20.1 Å². The average Bonchev–Trinajstić information content (AvgIpc) is 1.47. The van der Waals surface area contributed by atoms with Gasteiger partial charge in [-0.15, -0.1) is 0 Å². The highest BCUT2D eigenvalue weighted by Crippen LogP contribution is 2.70. The molecule has 10 heterocycles. The van der Waals surface area contributed by atoms with E-state index in [-0.39, 0.29) is 182 Å². The Morgan fingerprint density at radius 1 is 0.457 bits per heavy atom. The topological polar surface area (TPSA) is 807 Å². The Morgan fingerprint density at radius 2 is 0.800 bits per heavy atom. The van der Waals surface area contributed by atoms with Crippen molar-refractivity contribution in [2.45, 2.75) is 60.3 Å². The molecule has 2 spiro atoms. The number of nitrogens with two attached hydrogens (primary N) is 2. The van der Waals surface area contributed by atoms with Gasteiger partial charge in [-0.25, -0.2) is 76.0 Å². The van der Waals surface area contributed by atoms with E-state index in [1.165, 1.54) is 93.7 Å². The van der Waals surface area contributed by atoms with E-state index in [1.807, 2.05) is 0 Å². The Balaban J connectivity index is 0.000000212. The van der Waals surface area contributed by atoms with E-state index in [0.717, 1.165) is 29.9 Å². The summed E-state index contributed by atoms with van der Waals surface area (Å²) in [6, 6.07) is 13.2. The minimum Gasteiger partial charge on any atom is -0.503 e. The summed E-state index contributed by atoms with van der Waals surface area (Å²) >= 11 is 34.4. The van der Waals surface area contributed by atoms with Gasteiger partial charge in [0.05, 0.1) is 87.7 Å². The van der Waals surface area contributed by atoms with E-state index in [9.17, 15) is 107 Å². The summed E-state index contributed by atoms with van der Waals surface area (Å²) in [5.74, 6) is -6.95. The van der Waals surface area contributed by atoms with Crippen molar-refractivity contribution in [2.75, 3.05) is 79.3 Å². The van der Waals surface area contributed by atoms with Crippen LogP contribution in [-0.4, -0.2) is 249 Å². The lowest BCUT2D eigenvalue weighted by Gasteiger charge is -2.37. The van der Waals surface area contributed by atoms with Crippen molar-refractivity contribution < 1.29 is 200 Å². The third-order valence-corrected chi connectivity index (χ3v) is 31.3. The summed E-state index contributed by atoms with van der Waals surface area (Å²) in [5.41, 5.74) is 8.12. The molecule has 2 fully saturated rings. The van der Waals surface area contributed by atoms with Gasteiger partial charge in [0.25, 0.3) is 11.8 Å². The second kappa shape index (κ2) is 39.4. The molecule has 6 aliphatic rings. The maximum atomic E-state index is 13.7. The minimum atomic E-state index is -5.73. The number of aromatic nitrogens is 8. The molecule has 4 aromatic heterocycles. The Morgan fingerprint density at radius 3 is 1.16 bits per heavy atom. The van der Waals surface area contributed by atoms with Crippen molar-refractivity contribution in [3.63, 3.8) is 0 Å². The summed E-state index contributed by atoms with van der Waals surface area (Å²) in [5, 5.41) is 74.3. The molecule has 748 valence electrons. The van der Waals surface area contributed by atoms with Crippen molar-refractivity contribution >= 4 is 185 Å². The van der Waals surface area contributed by atoms with Gasteiger partial charge in [0.2, 0.25) is 0 Å². The molecule has 68 heteroatoms. The molecule has 0 bridgehead atoms. The van der Waals surface area contributed by atoms with Gasteiger partial charge in [-0.2, -0.15) is 8.62 Å². The number of nitrogens with one attached hydrogen (secondary N) is 4. The summed E-state index contributed by atoms with van der Waals surface area (Å²) in [7, 11) is -17.7. The standard InChI is InChI=1S/2C36H34Cl2N7O21P3S/c1-58-18-8-16-27(21(37)24(18)46)62-28-17(9-19(59-2)25(47)22(28)38)36(16)15-7-13(3-4-14(15)34(50)64-36)32(49)40-5-6-41-35(51)63-29-20(10-60-67(52,53)65-68(54,55)66-69(56,57)70)61-33(26(29)48)45-12-44-23-30(39)42-11-43-31(23)45;1-58-18-8-16-27(21(37)24(18)46)62-28-17(9-19(59-2)25(47)22(28)38)36(16)15-7-13(3-4-14(15)34(50)64-36)32(49)40-5-6-41-35(51)63-29-26(48)20(10-60-67(52,53)65-68(54,55)66-69(56,57)70)61-33(29)45-12-44-23-30(39)42-11-43-31(23)45/h2*3-4,7-9,11-12,20,26,29,33,46-48H,5-6,10H2,1-2H3,(H,40,49)(H,41,51)(H,52,53)(H,54,55)(H2,39,42,43)(H2,56,57,70)/t2*20-,26-,29-,33-/m11/s1. The van der Waals surface area contributed by atoms with Gasteiger partial charge in [-0.3, -0.25) is 27.8 Å². The number of phosphoric ester groups is 2. The van der Waals surface area contributed by atoms with Crippen LogP contribution in [0.15, 0.2) is 86.0 Å². The molecular formula is C72H68Cl4N14O42P6S2. The number of imidazole rings is 2. The molecule has 4 unspecified atom stereocenters. The van der Waals surface area contributed by atoms with Crippen LogP contribution >= 0.6 is 91.1 Å². The number of hydrogen-bond acceptors (Lipinski definition) is 44. The quantitative estimate of drug-likeness (QED) is 0.0108. The van der Waals surface area contributed by atoms with E-state index in [1.54, 1.807) is 0 Å². The van der Waals surface area contributed by atoms with E-state index in [0.29, 0.717) is 0 Å². The maximum absolute atomic E-state index is 13.7. The molecule has 6 aromatic carbocycles. The first-order valence-corrected chi connectivity index (χ1v) is 51.6. The van der Waals surface area contributed by atoms with Gasteiger partial charge in [0.15, 0.2) is 128 Å². The van der Waals surface area contributed by atoms with Crippen molar-refractivity contribution in [3.05, 3.63) is 162 Å². The number of carbonyl (C=O) groups is 6. The van der Waals surface area contributed by atoms with E-state index < -0.39 is 177 Å². The first-order valence-electron chi connectivity index (χ1n) is 38.9. The predicted molar refractivity (Wildman–Crippen MR) is 476 cm³/mol. The smallest absolute Gasteiger partial charge is 0.488 e. The number of ether oxygens (including phenoxy) is 12. The van der Waals surface area contributed by atoms with Crippen LogP contribution in [0.25, 0.3) is 22.3 Å². The van der Waals surface area contributed by atoms with Crippen LogP contribution in [0, 0.1) is 0 Å². The largest absolute Gasteiger partial charge is 0.503 e. The zero-order valence-electron chi connectivity index (χ0n) is 70.4. The molecule has 16 rings (SSSR count). The van der Waals surface area contributed by atoms with E-state index >= 15 is 0 Å². The molecule has 0 saturated carbocycles. The van der Waals surface area contributed by atoms with Crippen LogP contribution in [0.4, 0.5) is 21.2 Å². The number of halogens is 4. The molecule has 6 aliphatic heterocycles. The van der Waals surface area contributed by atoms with Gasteiger partial charge < -0.3 is 159 Å². The van der Waals surface area contributed by atoms with Crippen LogP contribution in [0.1, 0.15) is 87.3 Å². The minimum absolute atomic E-state index is 0.00853. The highest BCUT2D eigenvalue weighted by atomic mass is 35.5. The first kappa shape index (κ1) is 103. The Hall–Kier alpha value is -10.9. The summed E-state index contributed by atoms with van der Waals surface area (Å²) in [6.45, 7) is -13.2. The van der Waals surface area contributed by atoms with Gasteiger partial charge >= 0.3 is 68.9 Å². The predicted octanol–water partition coefficient (Wildman–Crippen LogP) is 5.91. The van der Waals surface area contributed by atoms with Crippen molar-refractivity contribution in [2.24, 2.45) is 0 Å². The number of rotatable bonds is 30. The fourth-order valence-corrected chi connectivity index (χ4v) is 23.8. The second-order valence-corrected chi connectivity index (χ2v) is 42.7. The number of aliphatic hydroxyl groups is 2. The number of fused-ring (bicyclic) bond motifs is 14. The normalized spacial score (nSPS) is 20.6. The van der Waals surface area contributed by atoms with Gasteiger partial charge in [-0.1, -0.05) is 46.4 Å². The van der Waals surface area contributed by atoms with Gasteiger partial charge in [0, 0.05) is 48.4 Å². The number of aliphatic hydroxyl groups excluding tert-OH is 2. The lowest BCUT2D eigenvalue weighted by molar-refractivity contribution is -0.0522. The number of hydrogen-bond donors (Lipinski definition) is 20. The SMILES string of the molecule is COc1cc2c(c(Cl)c1O)Oc1c(cc(OC)c(O)c1Cl)C21OC(=O)c2ccc(C(=O)NCCNC(=O)O[C@@H]3[C@H](O)[C@@H](COP(=O)(O)OP(=O)(O)OP(O)(O)=S)O[C@H]3n3cnc4c(N)ncnc43)cc21.COc1cc2c(c(Cl)c1O)Oc1c(cc(OC)c(O)c1Cl)C21OC(=O)c2ccc(C(=O)NCCNC(=O)O[C@H]3[C@@H](O)[C@H](n4cnc5c(N)ncnc54)O[C@@H]3COP(=O)(O)OP(=O)(O)OP(O)(O)=S)cc21. The number of carbonyl (C=O) groups excluding carboxylic acids is 6. The van der Waals surface area contributed by atoms with Crippen molar-refractivity contribution in [1.82, 2.24) is 60.3 Å². The van der Waals surface area contributed by atoms with Crippen LogP contribution in [0.3, 0.4) is 0 Å². The number of phenolic OH excluding ortho intramolecular Hbond substituents is 4. The maximum Gasteiger partial charge on any atom is 0.488 e. The summed E-state index contributed by atoms with van der Waals surface area (Å²) in [4.78, 5) is 181. The van der Waals surface area contributed by atoms with Crippen LogP contribution in [-0.2, 0) is 108 Å².